The molecular formula is C11H14. The minimum atomic E-state index is 0.608. The molecule has 0 radical (unpaired) electrons. The van der Waals surface area contributed by atoms with Gasteiger partial charge in [0, 0.05) is 0 Å². The minimum Gasteiger partial charge on any atom is -0.0877 e. The van der Waals surface area contributed by atoms with Gasteiger partial charge in [0.15, 0.2) is 0 Å². The first kappa shape index (κ1) is 8.06. The molecule has 0 nitrogen and oxygen atoms in total. The maximum atomic E-state index is 2.22. The molecule has 1 aliphatic rings. The predicted molar refractivity (Wildman–Crippen MR) is 50.3 cm³/mol. The van der Waals surface area contributed by atoms with Crippen LogP contribution >= 0.6 is 0 Å². The monoisotopic (exact) mass is 146 g/mol. The van der Waals surface area contributed by atoms with Crippen LogP contribution in [0, 0.1) is 5.92 Å². The number of hydrogen-bond acceptors (Lipinski definition) is 0. The van der Waals surface area contributed by atoms with E-state index in [4.69, 9.17) is 0 Å². The average Bonchev–Trinajstić information content (AvgIpc) is 2.07. The van der Waals surface area contributed by atoms with Gasteiger partial charge < -0.3 is 0 Å². The highest BCUT2D eigenvalue weighted by atomic mass is 14.0. The standard InChI is InChI=1S/C11H14/c1-2-3-5-8-11-9-6-4-7-10-11/h2-9,11H,10H2,1H3/b3-2-,8-5-. The third-order valence-corrected chi connectivity index (χ3v) is 1.68. The van der Waals surface area contributed by atoms with Gasteiger partial charge in [-0.2, -0.15) is 0 Å². The van der Waals surface area contributed by atoms with Crippen molar-refractivity contribution in [3.05, 3.63) is 48.6 Å². The van der Waals surface area contributed by atoms with Crippen LogP contribution in [0.15, 0.2) is 48.6 Å². The highest BCUT2D eigenvalue weighted by Crippen LogP contribution is 2.12. The van der Waals surface area contributed by atoms with Gasteiger partial charge in [-0.1, -0.05) is 48.6 Å². The molecule has 0 saturated carbocycles. The molecule has 0 aromatic carbocycles. The molecule has 0 heterocycles. The first-order chi connectivity index (χ1) is 5.43. The number of hydrogen-bond donors (Lipinski definition) is 0. The van der Waals surface area contributed by atoms with Crippen LogP contribution in [-0.4, -0.2) is 0 Å². The maximum Gasteiger partial charge on any atom is -0.00126 e. The molecule has 0 aromatic heterocycles. The van der Waals surface area contributed by atoms with Crippen LogP contribution in [0.2, 0.25) is 0 Å². The smallest absolute Gasteiger partial charge is 0.00126 e. The van der Waals surface area contributed by atoms with E-state index in [2.05, 4.69) is 42.5 Å². The van der Waals surface area contributed by atoms with Crippen LogP contribution in [-0.2, 0) is 0 Å². The van der Waals surface area contributed by atoms with Gasteiger partial charge in [-0.25, -0.2) is 0 Å². The summed E-state index contributed by atoms with van der Waals surface area (Å²) in [5.41, 5.74) is 0. The fourth-order valence-electron chi connectivity index (χ4n) is 1.06. The molecule has 11 heavy (non-hydrogen) atoms. The third kappa shape index (κ3) is 3.03. The van der Waals surface area contributed by atoms with Crippen molar-refractivity contribution in [2.75, 3.05) is 0 Å². The second kappa shape index (κ2) is 4.73. The summed E-state index contributed by atoms with van der Waals surface area (Å²) in [5, 5.41) is 0. The Hall–Kier alpha value is -1.04. The molecule has 0 amide bonds. The van der Waals surface area contributed by atoms with Gasteiger partial charge in [-0.05, 0) is 19.3 Å². The quantitative estimate of drug-likeness (QED) is 0.524. The first-order valence-electron chi connectivity index (χ1n) is 4.06. The van der Waals surface area contributed by atoms with Crippen molar-refractivity contribution in [1.82, 2.24) is 0 Å². The molecule has 1 atom stereocenters. The lowest BCUT2D eigenvalue weighted by atomic mass is 10.0. The average molecular weight is 146 g/mol. The SMILES string of the molecule is C/C=C\C=C/C1C=CC=CC1. The number of rotatable bonds is 2. The zero-order chi connectivity index (χ0) is 7.94. The predicted octanol–water partition coefficient (Wildman–Crippen LogP) is 3.25. The summed E-state index contributed by atoms with van der Waals surface area (Å²) in [5.74, 6) is 0.608. The Morgan fingerprint density at radius 3 is 2.82 bits per heavy atom. The fraction of sp³-hybridized carbons (Fsp3) is 0.273. The largest absolute Gasteiger partial charge is 0.0877 e. The molecule has 1 aliphatic carbocycles. The summed E-state index contributed by atoms with van der Waals surface area (Å²) in [6, 6.07) is 0. The van der Waals surface area contributed by atoms with Gasteiger partial charge in [0.1, 0.15) is 0 Å². The summed E-state index contributed by atoms with van der Waals surface area (Å²) in [4.78, 5) is 0. The second-order valence-electron chi connectivity index (χ2n) is 2.62. The second-order valence-corrected chi connectivity index (χ2v) is 2.62. The van der Waals surface area contributed by atoms with Crippen LogP contribution in [0.4, 0.5) is 0 Å². The Labute approximate surface area is 68.6 Å². The van der Waals surface area contributed by atoms with E-state index in [0.29, 0.717) is 5.92 Å². The Kier molecular flexibility index (Phi) is 3.46. The van der Waals surface area contributed by atoms with Gasteiger partial charge in [-0.15, -0.1) is 0 Å². The molecule has 1 rings (SSSR count). The van der Waals surface area contributed by atoms with Crippen molar-refractivity contribution in [3.63, 3.8) is 0 Å². The van der Waals surface area contributed by atoms with Crippen molar-refractivity contribution >= 4 is 0 Å². The highest BCUT2D eigenvalue weighted by Gasteiger charge is 1.97. The van der Waals surface area contributed by atoms with E-state index in [1.54, 1.807) is 0 Å². The molecule has 0 aromatic rings. The molecular weight excluding hydrogens is 132 g/mol. The van der Waals surface area contributed by atoms with E-state index >= 15 is 0 Å². The summed E-state index contributed by atoms with van der Waals surface area (Å²) in [6.45, 7) is 2.03. The van der Waals surface area contributed by atoms with E-state index in [1.807, 2.05) is 13.0 Å². The minimum absolute atomic E-state index is 0.608. The Bertz CT molecular complexity index is 204. The Morgan fingerprint density at radius 1 is 1.27 bits per heavy atom. The van der Waals surface area contributed by atoms with Crippen LogP contribution in [0.5, 0.6) is 0 Å². The van der Waals surface area contributed by atoms with Crippen LogP contribution < -0.4 is 0 Å². The van der Waals surface area contributed by atoms with Crippen molar-refractivity contribution in [3.8, 4) is 0 Å². The first-order valence-corrected chi connectivity index (χ1v) is 4.06. The van der Waals surface area contributed by atoms with Gasteiger partial charge >= 0.3 is 0 Å². The Balaban J connectivity index is 2.38. The summed E-state index contributed by atoms with van der Waals surface area (Å²) >= 11 is 0. The van der Waals surface area contributed by atoms with Gasteiger partial charge in [0.25, 0.3) is 0 Å². The summed E-state index contributed by atoms with van der Waals surface area (Å²) in [6.07, 6.45) is 18.2. The van der Waals surface area contributed by atoms with E-state index in [0.717, 1.165) is 6.42 Å². The van der Waals surface area contributed by atoms with Crippen molar-refractivity contribution in [2.24, 2.45) is 5.92 Å². The molecule has 0 spiro atoms. The van der Waals surface area contributed by atoms with Gasteiger partial charge in [-0.3, -0.25) is 0 Å². The van der Waals surface area contributed by atoms with Crippen LogP contribution in [0.1, 0.15) is 13.3 Å². The lowest BCUT2D eigenvalue weighted by Crippen LogP contribution is -1.91. The molecule has 0 fully saturated rings. The lowest BCUT2D eigenvalue weighted by molar-refractivity contribution is 0.822. The maximum absolute atomic E-state index is 2.22. The fourth-order valence-corrected chi connectivity index (χ4v) is 1.06. The van der Waals surface area contributed by atoms with Crippen molar-refractivity contribution in [1.29, 1.82) is 0 Å². The topological polar surface area (TPSA) is 0 Å². The third-order valence-electron chi connectivity index (χ3n) is 1.68. The molecule has 0 aliphatic heterocycles. The van der Waals surface area contributed by atoms with E-state index < -0.39 is 0 Å². The molecule has 0 N–H and O–H groups in total. The summed E-state index contributed by atoms with van der Waals surface area (Å²) < 4.78 is 0. The number of allylic oxidation sites excluding steroid dienone is 8. The van der Waals surface area contributed by atoms with E-state index in [-0.39, 0.29) is 0 Å². The van der Waals surface area contributed by atoms with E-state index in [9.17, 15) is 0 Å². The van der Waals surface area contributed by atoms with Crippen molar-refractivity contribution < 1.29 is 0 Å². The normalized spacial score (nSPS) is 23.9. The van der Waals surface area contributed by atoms with Crippen LogP contribution in [0.25, 0.3) is 0 Å². The zero-order valence-electron chi connectivity index (χ0n) is 6.90. The van der Waals surface area contributed by atoms with Gasteiger partial charge in [0.05, 0.1) is 0 Å². The van der Waals surface area contributed by atoms with E-state index in [1.165, 1.54) is 0 Å². The van der Waals surface area contributed by atoms with Gasteiger partial charge in [0.2, 0.25) is 0 Å². The molecule has 0 heteroatoms. The molecule has 0 saturated heterocycles. The lowest BCUT2D eigenvalue weighted by Gasteiger charge is -2.05. The highest BCUT2D eigenvalue weighted by molar-refractivity contribution is 5.17. The molecule has 58 valence electrons. The van der Waals surface area contributed by atoms with Crippen LogP contribution in [0.3, 0.4) is 0 Å². The zero-order valence-corrected chi connectivity index (χ0v) is 6.90. The molecule has 0 bridgehead atoms. The van der Waals surface area contributed by atoms with Crippen molar-refractivity contribution in [2.45, 2.75) is 13.3 Å². The summed E-state index contributed by atoms with van der Waals surface area (Å²) in [7, 11) is 0. The molecule has 1 unspecified atom stereocenters. The Morgan fingerprint density at radius 2 is 2.18 bits per heavy atom.